The zero-order valence-electron chi connectivity index (χ0n) is 8.96. The number of nitrogens with one attached hydrogen (secondary N) is 2. The third kappa shape index (κ3) is 3.02. The summed E-state index contributed by atoms with van der Waals surface area (Å²) in [5.41, 5.74) is 0.511. The lowest BCUT2D eigenvalue weighted by Crippen LogP contribution is -2.04. The molecule has 0 aromatic heterocycles. The molecule has 0 atom stereocenters. The highest BCUT2D eigenvalue weighted by atomic mass is 19.1. The Morgan fingerprint density at radius 3 is 2.75 bits per heavy atom. The monoisotopic (exact) mass is 220 g/mol. The molecule has 0 amide bonds. The van der Waals surface area contributed by atoms with Gasteiger partial charge in [0, 0.05) is 18.8 Å². The molecule has 0 spiro atoms. The zero-order chi connectivity index (χ0) is 12.0. The number of allylic oxidation sites excluding steroid dienone is 1. The molecule has 4 heteroatoms. The van der Waals surface area contributed by atoms with E-state index in [0.29, 0.717) is 6.42 Å². The second-order valence-corrected chi connectivity index (χ2v) is 3.14. The standard InChI is InChI=1S/C12H13FN2O/c1-2-12(16)9(7-14)8-15-11-6-4-3-5-10(11)13/h3-8,14-15H,2H2,1H3/b9-8+,14-7?. The molecule has 0 unspecified atom stereocenters. The van der Waals surface area contributed by atoms with Gasteiger partial charge in [0.1, 0.15) is 5.82 Å². The summed E-state index contributed by atoms with van der Waals surface area (Å²) < 4.78 is 13.2. The zero-order valence-corrected chi connectivity index (χ0v) is 8.96. The Morgan fingerprint density at radius 2 is 2.19 bits per heavy atom. The molecule has 3 nitrogen and oxygen atoms in total. The molecule has 0 aliphatic heterocycles. The molecule has 2 N–H and O–H groups in total. The van der Waals surface area contributed by atoms with Crippen molar-refractivity contribution in [3.8, 4) is 0 Å². The van der Waals surface area contributed by atoms with Crippen molar-refractivity contribution in [2.24, 2.45) is 0 Å². The van der Waals surface area contributed by atoms with Crippen LogP contribution in [0.15, 0.2) is 36.0 Å². The largest absolute Gasteiger partial charge is 0.359 e. The van der Waals surface area contributed by atoms with Crippen molar-refractivity contribution in [2.45, 2.75) is 13.3 Å². The van der Waals surface area contributed by atoms with Gasteiger partial charge in [-0.3, -0.25) is 4.79 Å². The molecule has 0 saturated heterocycles. The van der Waals surface area contributed by atoms with Crippen LogP contribution < -0.4 is 5.32 Å². The summed E-state index contributed by atoms with van der Waals surface area (Å²) in [4.78, 5) is 11.3. The van der Waals surface area contributed by atoms with Crippen LogP contribution in [0, 0.1) is 11.2 Å². The SMILES string of the molecule is CCC(=O)/C(C=N)=C/Nc1ccccc1F. The highest BCUT2D eigenvalue weighted by Crippen LogP contribution is 2.12. The van der Waals surface area contributed by atoms with Crippen LogP contribution in [0.25, 0.3) is 0 Å². The minimum Gasteiger partial charge on any atom is -0.359 e. The molecular formula is C12H13FN2O. The normalized spacial score (nSPS) is 11.0. The van der Waals surface area contributed by atoms with E-state index in [1.807, 2.05) is 0 Å². The van der Waals surface area contributed by atoms with Gasteiger partial charge in [0.05, 0.1) is 11.3 Å². The molecule has 0 aliphatic carbocycles. The lowest BCUT2D eigenvalue weighted by molar-refractivity contribution is -0.114. The van der Waals surface area contributed by atoms with Gasteiger partial charge in [0.15, 0.2) is 5.78 Å². The summed E-state index contributed by atoms with van der Waals surface area (Å²) in [7, 11) is 0. The summed E-state index contributed by atoms with van der Waals surface area (Å²) in [5, 5.41) is 9.74. The number of carbonyl (C=O) groups excluding carboxylic acids is 1. The second kappa shape index (κ2) is 5.80. The summed E-state index contributed by atoms with van der Waals surface area (Å²) in [6.07, 6.45) is 2.62. The first-order chi connectivity index (χ1) is 7.69. The van der Waals surface area contributed by atoms with E-state index in [1.54, 1.807) is 25.1 Å². The van der Waals surface area contributed by atoms with Crippen molar-refractivity contribution < 1.29 is 9.18 Å². The maximum absolute atomic E-state index is 13.2. The lowest BCUT2D eigenvalue weighted by atomic mass is 10.1. The van der Waals surface area contributed by atoms with E-state index < -0.39 is 5.82 Å². The molecule has 1 aromatic rings. The van der Waals surface area contributed by atoms with Crippen LogP contribution in [0.4, 0.5) is 10.1 Å². The molecule has 16 heavy (non-hydrogen) atoms. The average molecular weight is 220 g/mol. The summed E-state index contributed by atoms with van der Waals surface area (Å²) in [6, 6.07) is 6.15. The van der Waals surface area contributed by atoms with Crippen molar-refractivity contribution in [3.05, 3.63) is 41.9 Å². The topological polar surface area (TPSA) is 53.0 Å². The van der Waals surface area contributed by atoms with Crippen LogP contribution in [-0.4, -0.2) is 12.0 Å². The average Bonchev–Trinajstić information content (AvgIpc) is 2.31. The van der Waals surface area contributed by atoms with Crippen LogP contribution in [-0.2, 0) is 4.79 Å². The number of ketones is 1. The number of carbonyl (C=O) groups is 1. The Balaban J connectivity index is 2.82. The molecule has 1 aromatic carbocycles. The van der Waals surface area contributed by atoms with Crippen molar-refractivity contribution in [2.75, 3.05) is 5.32 Å². The molecule has 1 rings (SSSR count). The Morgan fingerprint density at radius 1 is 1.50 bits per heavy atom. The van der Waals surface area contributed by atoms with Gasteiger partial charge in [0.25, 0.3) is 0 Å². The van der Waals surface area contributed by atoms with Crippen molar-refractivity contribution >= 4 is 17.7 Å². The van der Waals surface area contributed by atoms with Gasteiger partial charge in [-0.05, 0) is 12.1 Å². The highest BCUT2D eigenvalue weighted by Gasteiger charge is 2.04. The van der Waals surface area contributed by atoms with Gasteiger partial charge < -0.3 is 10.7 Å². The number of para-hydroxylation sites is 1. The number of hydrogen-bond acceptors (Lipinski definition) is 3. The van der Waals surface area contributed by atoms with Gasteiger partial charge in [0.2, 0.25) is 0 Å². The predicted molar refractivity (Wildman–Crippen MR) is 62.2 cm³/mol. The van der Waals surface area contributed by atoms with Crippen molar-refractivity contribution in [1.29, 1.82) is 5.41 Å². The fourth-order valence-electron chi connectivity index (χ4n) is 1.14. The Kier molecular flexibility index (Phi) is 4.39. The number of rotatable bonds is 5. The van der Waals surface area contributed by atoms with Gasteiger partial charge in [-0.15, -0.1) is 0 Å². The Hall–Kier alpha value is -1.97. The van der Waals surface area contributed by atoms with Crippen molar-refractivity contribution in [1.82, 2.24) is 0 Å². The summed E-state index contributed by atoms with van der Waals surface area (Å²) >= 11 is 0. The first kappa shape index (κ1) is 12.1. The molecule has 0 bridgehead atoms. The van der Waals surface area contributed by atoms with E-state index in [-0.39, 0.29) is 17.0 Å². The first-order valence-electron chi connectivity index (χ1n) is 4.94. The molecule has 0 aliphatic rings. The van der Waals surface area contributed by atoms with E-state index in [0.717, 1.165) is 6.21 Å². The van der Waals surface area contributed by atoms with Crippen LogP contribution in [0.5, 0.6) is 0 Å². The van der Waals surface area contributed by atoms with Gasteiger partial charge >= 0.3 is 0 Å². The molecule has 0 heterocycles. The number of Topliss-reactive ketones (excluding diaryl/α,β-unsaturated/α-hetero) is 1. The first-order valence-corrected chi connectivity index (χ1v) is 4.94. The van der Waals surface area contributed by atoms with E-state index in [1.165, 1.54) is 12.3 Å². The smallest absolute Gasteiger partial charge is 0.165 e. The van der Waals surface area contributed by atoms with E-state index >= 15 is 0 Å². The fraction of sp³-hybridized carbons (Fsp3) is 0.167. The molecule has 84 valence electrons. The third-order valence-corrected chi connectivity index (χ3v) is 2.06. The minimum atomic E-state index is -0.396. The maximum Gasteiger partial charge on any atom is 0.165 e. The minimum absolute atomic E-state index is 0.154. The summed E-state index contributed by atoms with van der Waals surface area (Å²) in [5.74, 6) is -0.550. The van der Waals surface area contributed by atoms with Crippen LogP contribution in [0.3, 0.4) is 0 Å². The second-order valence-electron chi connectivity index (χ2n) is 3.14. The lowest BCUT2D eigenvalue weighted by Gasteiger charge is -2.03. The number of benzene rings is 1. The van der Waals surface area contributed by atoms with Gasteiger partial charge in [-0.1, -0.05) is 19.1 Å². The Labute approximate surface area is 93.5 Å². The van der Waals surface area contributed by atoms with Crippen LogP contribution in [0.1, 0.15) is 13.3 Å². The highest BCUT2D eigenvalue weighted by molar-refractivity contribution is 6.12. The van der Waals surface area contributed by atoms with Crippen molar-refractivity contribution in [3.63, 3.8) is 0 Å². The molecule has 0 fully saturated rings. The van der Waals surface area contributed by atoms with E-state index in [2.05, 4.69) is 5.32 Å². The van der Waals surface area contributed by atoms with Gasteiger partial charge in [-0.2, -0.15) is 0 Å². The quantitative estimate of drug-likeness (QED) is 0.592. The third-order valence-electron chi connectivity index (χ3n) is 2.06. The fourth-order valence-corrected chi connectivity index (χ4v) is 1.14. The van der Waals surface area contributed by atoms with Crippen LogP contribution in [0.2, 0.25) is 0 Å². The molecule has 0 radical (unpaired) electrons. The van der Waals surface area contributed by atoms with E-state index in [9.17, 15) is 9.18 Å². The molecule has 0 saturated carbocycles. The molecular weight excluding hydrogens is 207 g/mol. The summed E-state index contributed by atoms with van der Waals surface area (Å²) in [6.45, 7) is 1.71. The predicted octanol–water partition coefficient (Wildman–Crippen LogP) is 2.75. The van der Waals surface area contributed by atoms with Gasteiger partial charge in [-0.25, -0.2) is 4.39 Å². The number of halogens is 1. The number of anilines is 1. The van der Waals surface area contributed by atoms with E-state index in [4.69, 9.17) is 5.41 Å². The maximum atomic E-state index is 13.2. The van der Waals surface area contributed by atoms with Crippen LogP contribution >= 0.6 is 0 Å². The number of hydrogen-bond donors (Lipinski definition) is 2. The Bertz CT molecular complexity index is 427.